The van der Waals surface area contributed by atoms with Crippen LogP contribution in [0.5, 0.6) is 11.5 Å². The molecule has 0 saturated carbocycles. The van der Waals surface area contributed by atoms with Crippen molar-refractivity contribution in [3.63, 3.8) is 0 Å². The van der Waals surface area contributed by atoms with E-state index in [0.717, 1.165) is 54.6 Å². The van der Waals surface area contributed by atoms with Crippen molar-refractivity contribution in [3.05, 3.63) is 23.8 Å². The molecule has 1 aliphatic heterocycles. The van der Waals surface area contributed by atoms with Crippen molar-refractivity contribution >= 4 is 22.6 Å². The van der Waals surface area contributed by atoms with E-state index < -0.39 is 0 Å². The molecule has 1 aromatic heterocycles. The number of aromatic nitrogens is 1. The number of anilines is 1. The molecule has 2 N–H and O–H groups in total. The SMILES string of the molecule is COc1cc2nc(N3CCC[C@H](CCC(N)=O)C3)cc(C)c2cc1OC. The van der Waals surface area contributed by atoms with Crippen LogP contribution in [0.1, 0.15) is 31.2 Å². The van der Waals surface area contributed by atoms with E-state index in [1.165, 1.54) is 0 Å². The van der Waals surface area contributed by atoms with Crippen molar-refractivity contribution in [2.45, 2.75) is 32.6 Å². The van der Waals surface area contributed by atoms with Crippen molar-refractivity contribution in [1.82, 2.24) is 4.98 Å². The average molecular weight is 357 g/mol. The van der Waals surface area contributed by atoms with Crippen molar-refractivity contribution in [1.29, 1.82) is 0 Å². The van der Waals surface area contributed by atoms with E-state index in [1.54, 1.807) is 14.2 Å². The molecule has 1 aliphatic rings. The van der Waals surface area contributed by atoms with Crippen molar-refractivity contribution in [3.8, 4) is 11.5 Å². The predicted octanol–water partition coefficient (Wildman–Crippen LogP) is 3.04. The summed E-state index contributed by atoms with van der Waals surface area (Å²) in [6.07, 6.45) is 3.55. The predicted molar refractivity (Wildman–Crippen MR) is 103 cm³/mol. The molecule has 2 heterocycles. The fourth-order valence-corrected chi connectivity index (χ4v) is 3.72. The smallest absolute Gasteiger partial charge is 0.217 e. The Balaban J connectivity index is 1.89. The lowest BCUT2D eigenvalue weighted by Gasteiger charge is -2.34. The number of piperidine rings is 1. The number of pyridine rings is 1. The zero-order valence-electron chi connectivity index (χ0n) is 15.7. The van der Waals surface area contributed by atoms with Crippen LogP contribution >= 0.6 is 0 Å². The van der Waals surface area contributed by atoms with E-state index in [-0.39, 0.29) is 5.91 Å². The van der Waals surface area contributed by atoms with Gasteiger partial charge in [0.2, 0.25) is 5.91 Å². The molecule has 1 saturated heterocycles. The molecule has 2 aromatic rings. The molecular weight excluding hydrogens is 330 g/mol. The first-order valence-electron chi connectivity index (χ1n) is 9.08. The molecule has 1 amide bonds. The summed E-state index contributed by atoms with van der Waals surface area (Å²) in [5, 5.41) is 1.06. The third-order valence-corrected chi connectivity index (χ3v) is 5.15. The lowest BCUT2D eigenvalue weighted by atomic mass is 9.93. The number of methoxy groups -OCH3 is 2. The number of primary amides is 1. The number of aryl methyl sites for hydroxylation is 1. The van der Waals surface area contributed by atoms with Gasteiger partial charge in [-0.3, -0.25) is 4.79 Å². The maximum atomic E-state index is 11.1. The molecule has 0 aliphatic carbocycles. The number of ether oxygens (including phenoxy) is 2. The fraction of sp³-hybridized carbons (Fsp3) is 0.500. The van der Waals surface area contributed by atoms with Crippen LogP contribution in [0, 0.1) is 12.8 Å². The molecule has 26 heavy (non-hydrogen) atoms. The zero-order valence-corrected chi connectivity index (χ0v) is 15.7. The van der Waals surface area contributed by atoms with Gasteiger partial charge in [0, 0.05) is 31.0 Å². The number of fused-ring (bicyclic) bond motifs is 1. The van der Waals surface area contributed by atoms with E-state index in [9.17, 15) is 4.79 Å². The number of hydrogen-bond acceptors (Lipinski definition) is 5. The third-order valence-electron chi connectivity index (χ3n) is 5.15. The summed E-state index contributed by atoms with van der Waals surface area (Å²) in [7, 11) is 3.27. The van der Waals surface area contributed by atoms with Gasteiger partial charge < -0.3 is 20.1 Å². The largest absolute Gasteiger partial charge is 0.493 e. The summed E-state index contributed by atoms with van der Waals surface area (Å²) in [5.74, 6) is 2.64. The Bertz CT molecular complexity index is 806. The van der Waals surface area contributed by atoms with E-state index in [4.69, 9.17) is 20.2 Å². The van der Waals surface area contributed by atoms with Gasteiger partial charge in [0.1, 0.15) is 5.82 Å². The van der Waals surface area contributed by atoms with Gasteiger partial charge >= 0.3 is 0 Å². The van der Waals surface area contributed by atoms with Crippen LogP contribution < -0.4 is 20.1 Å². The van der Waals surface area contributed by atoms with Gasteiger partial charge in [-0.2, -0.15) is 0 Å². The van der Waals surface area contributed by atoms with Crippen molar-refractivity contribution < 1.29 is 14.3 Å². The highest BCUT2D eigenvalue weighted by molar-refractivity contribution is 5.87. The zero-order chi connectivity index (χ0) is 18.7. The molecule has 6 nitrogen and oxygen atoms in total. The lowest BCUT2D eigenvalue weighted by molar-refractivity contribution is -0.118. The lowest BCUT2D eigenvalue weighted by Crippen LogP contribution is -2.36. The van der Waals surface area contributed by atoms with Crippen molar-refractivity contribution in [2.24, 2.45) is 11.7 Å². The van der Waals surface area contributed by atoms with Crippen LogP contribution in [0.15, 0.2) is 18.2 Å². The molecule has 0 radical (unpaired) electrons. The quantitative estimate of drug-likeness (QED) is 0.860. The topological polar surface area (TPSA) is 77.7 Å². The van der Waals surface area contributed by atoms with Gasteiger partial charge in [-0.25, -0.2) is 4.98 Å². The summed E-state index contributed by atoms with van der Waals surface area (Å²) in [6.45, 7) is 3.99. The number of benzene rings is 1. The average Bonchev–Trinajstić information content (AvgIpc) is 2.65. The van der Waals surface area contributed by atoms with Crippen LogP contribution in [0.3, 0.4) is 0 Å². The van der Waals surface area contributed by atoms with Gasteiger partial charge in [0.05, 0.1) is 19.7 Å². The van der Waals surface area contributed by atoms with Crippen molar-refractivity contribution in [2.75, 3.05) is 32.2 Å². The number of rotatable bonds is 6. The monoisotopic (exact) mass is 357 g/mol. The van der Waals surface area contributed by atoms with E-state index >= 15 is 0 Å². The normalized spacial score (nSPS) is 17.3. The Kier molecular flexibility index (Phi) is 5.49. The number of nitrogens with two attached hydrogens (primary N) is 1. The number of carbonyl (C=O) groups is 1. The number of hydrogen-bond donors (Lipinski definition) is 1. The highest BCUT2D eigenvalue weighted by Gasteiger charge is 2.22. The summed E-state index contributed by atoms with van der Waals surface area (Å²) in [5.41, 5.74) is 7.36. The first-order valence-corrected chi connectivity index (χ1v) is 9.08. The Morgan fingerprint density at radius 1 is 1.27 bits per heavy atom. The molecule has 0 bridgehead atoms. The molecule has 0 spiro atoms. The van der Waals surface area contributed by atoms with Gasteiger partial charge in [-0.15, -0.1) is 0 Å². The van der Waals surface area contributed by atoms with Crippen LogP contribution in [0.4, 0.5) is 5.82 Å². The summed E-state index contributed by atoms with van der Waals surface area (Å²) >= 11 is 0. The highest BCUT2D eigenvalue weighted by atomic mass is 16.5. The number of nitrogens with zero attached hydrogens (tertiary/aromatic N) is 2. The first kappa shape index (κ1) is 18.3. The molecule has 1 atom stereocenters. The Morgan fingerprint density at radius 2 is 2.00 bits per heavy atom. The van der Waals surface area contributed by atoms with Gasteiger partial charge in [-0.05, 0) is 49.8 Å². The van der Waals surface area contributed by atoms with Crippen LogP contribution in [-0.2, 0) is 4.79 Å². The maximum Gasteiger partial charge on any atom is 0.217 e. The minimum absolute atomic E-state index is 0.220. The summed E-state index contributed by atoms with van der Waals surface area (Å²) in [6, 6.07) is 6.04. The molecule has 0 unspecified atom stereocenters. The van der Waals surface area contributed by atoms with Gasteiger partial charge in [0.15, 0.2) is 11.5 Å². The second-order valence-corrected chi connectivity index (χ2v) is 6.98. The van der Waals surface area contributed by atoms with Crippen LogP contribution in [-0.4, -0.2) is 38.2 Å². The minimum atomic E-state index is -0.220. The van der Waals surface area contributed by atoms with E-state index in [1.807, 2.05) is 12.1 Å². The Morgan fingerprint density at radius 3 is 2.69 bits per heavy atom. The molecule has 1 fully saturated rings. The second-order valence-electron chi connectivity index (χ2n) is 6.98. The summed E-state index contributed by atoms with van der Waals surface area (Å²) in [4.78, 5) is 18.3. The van der Waals surface area contributed by atoms with Gasteiger partial charge in [0.25, 0.3) is 0 Å². The minimum Gasteiger partial charge on any atom is -0.493 e. The fourth-order valence-electron chi connectivity index (χ4n) is 3.72. The Labute approximate surface area is 154 Å². The number of carbonyl (C=O) groups excluding carboxylic acids is 1. The van der Waals surface area contributed by atoms with E-state index in [0.29, 0.717) is 23.8 Å². The molecule has 3 rings (SSSR count). The maximum absolute atomic E-state index is 11.1. The van der Waals surface area contributed by atoms with E-state index in [2.05, 4.69) is 17.9 Å². The Hall–Kier alpha value is -2.50. The second kappa shape index (κ2) is 7.81. The highest BCUT2D eigenvalue weighted by Crippen LogP contribution is 2.35. The van der Waals surface area contributed by atoms with Gasteiger partial charge in [-0.1, -0.05) is 0 Å². The summed E-state index contributed by atoms with van der Waals surface area (Å²) < 4.78 is 10.8. The third kappa shape index (κ3) is 3.84. The number of amides is 1. The molecule has 140 valence electrons. The van der Waals surface area contributed by atoms with Crippen LogP contribution in [0.2, 0.25) is 0 Å². The standard InChI is InChI=1S/C20H27N3O3/c1-13-9-20(23-8-4-5-14(12-23)6-7-19(21)24)22-16-11-18(26-3)17(25-2)10-15(13)16/h9-11,14H,4-8,12H2,1-3H3,(H2,21,24)/t14-/m1/s1. The molecule has 6 heteroatoms. The molecule has 1 aromatic carbocycles. The van der Waals surface area contributed by atoms with Crippen LogP contribution in [0.25, 0.3) is 10.9 Å². The first-order chi connectivity index (χ1) is 12.5. The molecular formula is C20H27N3O3.